The van der Waals surface area contributed by atoms with Crippen LogP contribution in [-0.4, -0.2) is 57.5 Å². The van der Waals surface area contributed by atoms with Gasteiger partial charge in [-0.1, -0.05) is 0 Å². The van der Waals surface area contributed by atoms with E-state index in [2.05, 4.69) is 20.7 Å². The van der Waals surface area contributed by atoms with E-state index in [-0.39, 0.29) is 18.7 Å². The first-order valence-corrected chi connectivity index (χ1v) is 10.8. The third-order valence-corrected chi connectivity index (χ3v) is 4.98. The molecule has 0 bridgehead atoms. The zero-order chi connectivity index (χ0) is 23.2. The van der Waals surface area contributed by atoms with E-state index in [1.54, 1.807) is 24.3 Å². The normalized spacial score (nSPS) is 13.3. The van der Waals surface area contributed by atoms with E-state index in [0.717, 1.165) is 37.0 Å². The topological polar surface area (TPSA) is 123 Å². The van der Waals surface area contributed by atoms with Crippen molar-refractivity contribution in [3.05, 3.63) is 41.1 Å². The minimum Gasteiger partial charge on any atom is -0.468 e. The zero-order valence-electron chi connectivity index (χ0n) is 18.4. The second-order valence-corrected chi connectivity index (χ2v) is 7.33. The Bertz CT molecular complexity index is 820. The van der Waals surface area contributed by atoms with E-state index in [1.807, 2.05) is 7.05 Å². The fraction of sp³-hybridized carbons (Fsp3) is 0.478. The zero-order valence-corrected chi connectivity index (χ0v) is 18.4. The van der Waals surface area contributed by atoms with Crippen molar-refractivity contribution in [3.63, 3.8) is 0 Å². The van der Waals surface area contributed by atoms with Crippen LogP contribution in [0.2, 0.25) is 0 Å². The smallest absolute Gasteiger partial charge is 0.293 e. The molecule has 1 aliphatic carbocycles. The number of allylic oxidation sites excluding steroid dienone is 2. The number of anilines is 1. The van der Waals surface area contributed by atoms with E-state index in [0.29, 0.717) is 44.0 Å². The number of amides is 2. The van der Waals surface area contributed by atoms with Gasteiger partial charge >= 0.3 is 0 Å². The molecular formula is C23H31N3O6. The number of hydrogen-bond acceptors (Lipinski definition) is 7. The highest BCUT2D eigenvalue weighted by molar-refractivity contribution is 6.09. The van der Waals surface area contributed by atoms with E-state index in [1.165, 1.54) is 0 Å². The molecule has 2 amide bonds. The van der Waals surface area contributed by atoms with Crippen LogP contribution in [0.15, 0.2) is 35.5 Å². The van der Waals surface area contributed by atoms with E-state index in [9.17, 15) is 19.2 Å². The molecule has 174 valence electrons. The Hall–Kier alpha value is -3.20. The van der Waals surface area contributed by atoms with Gasteiger partial charge in [0, 0.05) is 49.1 Å². The number of ketones is 1. The summed E-state index contributed by atoms with van der Waals surface area (Å²) in [5.74, 6) is -0.850. The molecule has 32 heavy (non-hydrogen) atoms. The molecular weight excluding hydrogens is 414 g/mol. The summed E-state index contributed by atoms with van der Waals surface area (Å²) in [5, 5.41) is 8.39. The number of hydrogen-bond donors (Lipinski definition) is 3. The van der Waals surface area contributed by atoms with Crippen LogP contribution in [0.25, 0.3) is 0 Å². The average Bonchev–Trinajstić information content (AvgIpc) is 2.80. The highest BCUT2D eigenvalue weighted by atomic mass is 16.5. The summed E-state index contributed by atoms with van der Waals surface area (Å²) in [5.41, 5.74) is 2.92. The summed E-state index contributed by atoms with van der Waals surface area (Å²) >= 11 is 0. The van der Waals surface area contributed by atoms with Crippen LogP contribution >= 0.6 is 0 Å². The molecule has 9 heteroatoms. The van der Waals surface area contributed by atoms with Crippen LogP contribution < -0.4 is 16.0 Å². The van der Waals surface area contributed by atoms with E-state index < -0.39 is 11.8 Å². The van der Waals surface area contributed by atoms with Crippen LogP contribution in [0, 0.1) is 0 Å². The highest BCUT2D eigenvalue weighted by Gasteiger charge is 2.20. The molecule has 2 rings (SSSR count). The first-order chi connectivity index (χ1) is 15.5. The standard InChI is InChI=1S/C23H31N3O6/c1-24-20-6-3-2-5-19(20)23(30)17-7-9-18(10-8-17)26-22(29)15-21(28)25-11-14-31-12-4-13-32-16-27/h7-10,16,24H,2-6,11-15H2,1H3,(H,25,28)(H,26,29). The van der Waals surface area contributed by atoms with Gasteiger partial charge in [-0.25, -0.2) is 0 Å². The number of Topliss-reactive ketones (excluding diaryl/α,β-unsaturated/α-hetero) is 1. The molecule has 0 spiro atoms. The fourth-order valence-corrected chi connectivity index (χ4v) is 3.38. The van der Waals surface area contributed by atoms with Crippen molar-refractivity contribution in [1.82, 2.24) is 10.6 Å². The molecule has 0 radical (unpaired) electrons. The summed E-state index contributed by atoms with van der Waals surface area (Å²) in [6.45, 7) is 1.67. The molecule has 3 N–H and O–H groups in total. The van der Waals surface area contributed by atoms with Crippen molar-refractivity contribution in [2.24, 2.45) is 0 Å². The van der Waals surface area contributed by atoms with Crippen LogP contribution in [0.1, 0.15) is 48.9 Å². The van der Waals surface area contributed by atoms with Gasteiger partial charge in [0.2, 0.25) is 11.8 Å². The van der Waals surface area contributed by atoms with Gasteiger partial charge in [0.15, 0.2) is 5.78 Å². The maximum atomic E-state index is 12.8. The number of ether oxygens (including phenoxy) is 2. The van der Waals surface area contributed by atoms with Gasteiger partial charge in [0.05, 0.1) is 13.2 Å². The third-order valence-electron chi connectivity index (χ3n) is 4.98. The Morgan fingerprint density at radius 3 is 2.47 bits per heavy atom. The minimum atomic E-state index is -0.444. The van der Waals surface area contributed by atoms with Gasteiger partial charge in [-0.3, -0.25) is 19.2 Å². The van der Waals surface area contributed by atoms with Gasteiger partial charge in [-0.05, 0) is 49.9 Å². The van der Waals surface area contributed by atoms with Gasteiger partial charge in [-0.15, -0.1) is 0 Å². The van der Waals surface area contributed by atoms with Crippen LogP contribution in [0.4, 0.5) is 5.69 Å². The minimum absolute atomic E-state index is 0.00443. The molecule has 1 aliphatic rings. The molecule has 9 nitrogen and oxygen atoms in total. The van der Waals surface area contributed by atoms with Crippen molar-refractivity contribution in [2.75, 3.05) is 38.7 Å². The first kappa shape index (κ1) is 25.1. The molecule has 0 aliphatic heterocycles. The Kier molecular flexibility index (Phi) is 10.9. The number of carbonyl (C=O) groups is 4. The number of rotatable bonds is 14. The Morgan fingerprint density at radius 2 is 1.75 bits per heavy atom. The van der Waals surface area contributed by atoms with Crippen molar-refractivity contribution in [1.29, 1.82) is 0 Å². The lowest BCUT2D eigenvalue weighted by Gasteiger charge is -2.19. The summed E-state index contributed by atoms with van der Waals surface area (Å²) in [4.78, 5) is 46.7. The number of carbonyl (C=O) groups excluding carboxylic acids is 4. The van der Waals surface area contributed by atoms with E-state index in [4.69, 9.17) is 4.74 Å². The Labute approximate surface area is 187 Å². The number of benzene rings is 1. The van der Waals surface area contributed by atoms with Gasteiger partial charge in [0.25, 0.3) is 6.47 Å². The Morgan fingerprint density at radius 1 is 1.00 bits per heavy atom. The van der Waals surface area contributed by atoms with Crippen LogP contribution in [0.3, 0.4) is 0 Å². The SMILES string of the molecule is CNC1=C(C(=O)c2ccc(NC(=O)CC(=O)NCCOCCCOC=O)cc2)CCCC1. The summed E-state index contributed by atoms with van der Waals surface area (Å²) in [6, 6.07) is 6.69. The molecule has 0 saturated heterocycles. The predicted molar refractivity (Wildman–Crippen MR) is 119 cm³/mol. The molecule has 0 heterocycles. The monoisotopic (exact) mass is 445 g/mol. The first-order valence-electron chi connectivity index (χ1n) is 10.8. The highest BCUT2D eigenvalue weighted by Crippen LogP contribution is 2.26. The van der Waals surface area contributed by atoms with Crippen molar-refractivity contribution in [2.45, 2.75) is 38.5 Å². The van der Waals surface area contributed by atoms with Crippen LogP contribution in [0.5, 0.6) is 0 Å². The van der Waals surface area contributed by atoms with Crippen LogP contribution in [-0.2, 0) is 23.9 Å². The Balaban J connectivity index is 1.72. The molecule has 1 aromatic carbocycles. The largest absolute Gasteiger partial charge is 0.468 e. The second kappa shape index (κ2) is 14.0. The number of nitrogens with one attached hydrogen (secondary N) is 3. The molecule has 1 aromatic rings. The molecule has 0 fully saturated rings. The van der Waals surface area contributed by atoms with Gasteiger partial charge in [-0.2, -0.15) is 0 Å². The molecule has 0 atom stereocenters. The second-order valence-electron chi connectivity index (χ2n) is 7.33. The van der Waals surface area contributed by atoms with Crippen molar-refractivity contribution >= 4 is 29.8 Å². The third kappa shape index (κ3) is 8.50. The quantitative estimate of drug-likeness (QED) is 0.173. The lowest BCUT2D eigenvalue weighted by molar-refractivity contribution is -0.129. The lowest BCUT2D eigenvalue weighted by atomic mass is 9.90. The predicted octanol–water partition coefficient (Wildman–Crippen LogP) is 1.94. The molecule has 0 aromatic heterocycles. The fourth-order valence-electron chi connectivity index (χ4n) is 3.38. The van der Waals surface area contributed by atoms with Crippen molar-refractivity contribution < 1.29 is 28.7 Å². The lowest BCUT2D eigenvalue weighted by Crippen LogP contribution is -2.30. The van der Waals surface area contributed by atoms with Gasteiger partial charge < -0.3 is 25.4 Å². The maximum Gasteiger partial charge on any atom is 0.293 e. The summed E-state index contributed by atoms with van der Waals surface area (Å²) in [6.07, 6.45) is 4.00. The van der Waals surface area contributed by atoms with E-state index >= 15 is 0 Å². The molecule has 0 unspecified atom stereocenters. The average molecular weight is 446 g/mol. The van der Waals surface area contributed by atoms with Gasteiger partial charge in [0.1, 0.15) is 6.42 Å². The van der Waals surface area contributed by atoms with Crippen molar-refractivity contribution in [3.8, 4) is 0 Å². The summed E-state index contributed by atoms with van der Waals surface area (Å²) in [7, 11) is 1.84. The summed E-state index contributed by atoms with van der Waals surface area (Å²) < 4.78 is 9.80. The maximum absolute atomic E-state index is 12.8. The molecule has 0 saturated carbocycles.